The summed E-state index contributed by atoms with van der Waals surface area (Å²) in [6.45, 7) is 2.68. The first-order valence-electron chi connectivity index (χ1n) is 7.83. The third-order valence-electron chi connectivity index (χ3n) is 4.02. The van der Waals surface area contributed by atoms with Crippen molar-refractivity contribution in [3.63, 3.8) is 0 Å². The molecule has 1 atom stereocenters. The number of carbonyl (C=O) groups is 1. The first-order chi connectivity index (χ1) is 10.8. The van der Waals surface area contributed by atoms with Crippen molar-refractivity contribution in [3.8, 4) is 5.75 Å². The molecule has 0 spiro atoms. The van der Waals surface area contributed by atoms with E-state index >= 15 is 0 Å². The predicted molar refractivity (Wildman–Crippen MR) is 88.3 cm³/mol. The average Bonchev–Trinajstić information content (AvgIpc) is 2.88. The lowest BCUT2D eigenvalue weighted by Gasteiger charge is -2.22. The highest BCUT2D eigenvalue weighted by molar-refractivity contribution is 5.96. The van der Waals surface area contributed by atoms with Crippen LogP contribution in [0.15, 0.2) is 54.6 Å². The predicted octanol–water partition coefficient (Wildman–Crippen LogP) is 3.82. The lowest BCUT2D eigenvalue weighted by Crippen LogP contribution is -2.35. The highest BCUT2D eigenvalue weighted by Gasteiger charge is 2.29. The summed E-state index contributed by atoms with van der Waals surface area (Å²) in [6.07, 6.45) is 2.20. The van der Waals surface area contributed by atoms with Gasteiger partial charge in [-0.25, -0.2) is 0 Å². The molecule has 1 amide bonds. The molecule has 3 heteroatoms. The lowest BCUT2D eigenvalue weighted by atomic mass is 10.1. The second kappa shape index (κ2) is 6.65. The molecule has 0 aromatic heterocycles. The molecule has 0 radical (unpaired) electrons. The average molecular weight is 295 g/mol. The van der Waals surface area contributed by atoms with Gasteiger partial charge >= 0.3 is 0 Å². The highest BCUT2D eigenvalue weighted by atomic mass is 16.5. The van der Waals surface area contributed by atoms with Crippen molar-refractivity contribution >= 4 is 11.6 Å². The van der Waals surface area contributed by atoms with Crippen molar-refractivity contribution < 1.29 is 9.53 Å². The number of fused-ring (bicyclic) bond motifs is 1. The fourth-order valence-electron chi connectivity index (χ4n) is 3.00. The van der Waals surface area contributed by atoms with E-state index in [1.807, 2.05) is 53.4 Å². The van der Waals surface area contributed by atoms with Crippen molar-refractivity contribution in [2.75, 3.05) is 11.5 Å². The molecule has 0 bridgehead atoms. The minimum atomic E-state index is 0.189. The molecule has 2 aromatic carbocycles. The molecule has 1 unspecified atom stereocenters. The van der Waals surface area contributed by atoms with E-state index in [9.17, 15) is 4.79 Å². The first kappa shape index (κ1) is 14.6. The summed E-state index contributed by atoms with van der Waals surface area (Å²) in [6, 6.07) is 18.1. The van der Waals surface area contributed by atoms with Gasteiger partial charge in [0.2, 0.25) is 5.91 Å². The Hall–Kier alpha value is -2.29. The lowest BCUT2D eigenvalue weighted by molar-refractivity contribution is -0.119. The SMILES string of the molecule is CC1Cc2ccccc2N1C(=O)CCCOc1ccccc1. The molecule has 2 aromatic rings. The van der Waals surface area contributed by atoms with Crippen LogP contribution in [-0.4, -0.2) is 18.6 Å². The highest BCUT2D eigenvalue weighted by Crippen LogP contribution is 2.32. The number of hydrogen-bond acceptors (Lipinski definition) is 2. The third kappa shape index (κ3) is 3.14. The number of amides is 1. The van der Waals surface area contributed by atoms with Crippen LogP contribution in [0.2, 0.25) is 0 Å². The number of hydrogen-bond donors (Lipinski definition) is 0. The van der Waals surface area contributed by atoms with Gasteiger partial charge in [-0.15, -0.1) is 0 Å². The summed E-state index contributed by atoms with van der Waals surface area (Å²) in [5, 5.41) is 0. The Balaban J connectivity index is 1.52. The van der Waals surface area contributed by atoms with E-state index in [0.717, 1.165) is 24.3 Å². The van der Waals surface area contributed by atoms with Gasteiger partial charge in [0, 0.05) is 18.2 Å². The summed E-state index contributed by atoms with van der Waals surface area (Å²) in [4.78, 5) is 14.4. The van der Waals surface area contributed by atoms with Gasteiger partial charge in [0.25, 0.3) is 0 Å². The van der Waals surface area contributed by atoms with E-state index in [0.29, 0.717) is 13.0 Å². The molecular formula is C19H21NO2. The Morgan fingerprint density at radius 2 is 1.86 bits per heavy atom. The second-order valence-electron chi connectivity index (χ2n) is 5.71. The van der Waals surface area contributed by atoms with Crippen LogP contribution >= 0.6 is 0 Å². The molecule has 0 N–H and O–H groups in total. The first-order valence-corrected chi connectivity index (χ1v) is 7.83. The zero-order valence-electron chi connectivity index (χ0n) is 12.9. The molecule has 0 aliphatic carbocycles. The topological polar surface area (TPSA) is 29.5 Å². The van der Waals surface area contributed by atoms with Gasteiger partial charge < -0.3 is 9.64 Å². The fraction of sp³-hybridized carbons (Fsp3) is 0.316. The summed E-state index contributed by atoms with van der Waals surface area (Å²) < 4.78 is 5.64. The second-order valence-corrected chi connectivity index (χ2v) is 5.71. The largest absolute Gasteiger partial charge is 0.494 e. The molecule has 0 saturated heterocycles. The standard InChI is InChI=1S/C19H21NO2/c1-15-14-16-8-5-6-11-18(16)20(15)19(21)12-7-13-22-17-9-3-2-4-10-17/h2-6,8-11,15H,7,12-14H2,1H3. The normalized spacial score (nSPS) is 16.4. The molecule has 1 aliphatic heterocycles. The summed E-state index contributed by atoms with van der Waals surface area (Å²) in [5.41, 5.74) is 2.34. The van der Waals surface area contributed by atoms with Crippen LogP contribution in [-0.2, 0) is 11.2 Å². The Kier molecular flexibility index (Phi) is 4.42. The summed E-state index contributed by atoms with van der Waals surface area (Å²) in [5.74, 6) is 1.05. The maximum Gasteiger partial charge on any atom is 0.227 e. The van der Waals surface area contributed by atoms with Crippen LogP contribution in [0.1, 0.15) is 25.3 Å². The zero-order chi connectivity index (χ0) is 15.4. The van der Waals surface area contributed by atoms with E-state index in [-0.39, 0.29) is 11.9 Å². The monoisotopic (exact) mass is 295 g/mol. The molecule has 1 aliphatic rings. The van der Waals surface area contributed by atoms with Gasteiger partial charge in [-0.05, 0) is 43.5 Å². The number of benzene rings is 2. The fourth-order valence-corrected chi connectivity index (χ4v) is 3.00. The molecule has 0 fully saturated rings. The van der Waals surface area contributed by atoms with Gasteiger partial charge in [0.05, 0.1) is 6.61 Å². The number of carbonyl (C=O) groups excluding carboxylic acids is 1. The van der Waals surface area contributed by atoms with Gasteiger partial charge in [0.1, 0.15) is 5.75 Å². The maximum atomic E-state index is 12.5. The Bertz CT molecular complexity index is 639. The van der Waals surface area contributed by atoms with E-state index in [1.54, 1.807) is 0 Å². The van der Waals surface area contributed by atoms with Crippen LogP contribution in [0.4, 0.5) is 5.69 Å². The van der Waals surface area contributed by atoms with Crippen LogP contribution < -0.4 is 9.64 Å². The van der Waals surface area contributed by atoms with Crippen LogP contribution in [0, 0.1) is 0 Å². The van der Waals surface area contributed by atoms with Crippen LogP contribution in [0.25, 0.3) is 0 Å². The van der Waals surface area contributed by atoms with Gasteiger partial charge in [-0.3, -0.25) is 4.79 Å². The third-order valence-corrected chi connectivity index (χ3v) is 4.02. The van der Waals surface area contributed by atoms with Gasteiger partial charge in [-0.1, -0.05) is 36.4 Å². The van der Waals surface area contributed by atoms with E-state index < -0.39 is 0 Å². The Morgan fingerprint density at radius 3 is 2.68 bits per heavy atom. The van der Waals surface area contributed by atoms with E-state index in [1.165, 1.54) is 5.56 Å². The minimum absolute atomic E-state index is 0.189. The van der Waals surface area contributed by atoms with E-state index in [4.69, 9.17) is 4.74 Å². The van der Waals surface area contributed by atoms with Crippen molar-refractivity contribution in [2.45, 2.75) is 32.2 Å². The smallest absolute Gasteiger partial charge is 0.227 e. The number of anilines is 1. The number of rotatable bonds is 5. The van der Waals surface area contributed by atoms with Gasteiger partial charge in [0.15, 0.2) is 0 Å². The van der Waals surface area contributed by atoms with Gasteiger partial charge in [-0.2, -0.15) is 0 Å². The van der Waals surface area contributed by atoms with Crippen molar-refractivity contribution in [3.05, 3.63) is 60.2 Å². The molecule has 1 heterocycles. The summed E-state index contributed by atoms with van der Waals surface area (Å²) >= 11 is 0. The zero-order valence-corrected chi connectivity index (χ0v) is 12.9. The van der Waals surface area contributed by atoms with Crippen molar-refractivity contribution in [1.82, 2.24) is 0 Å². The van der Waals surface area contributed by atoms with Crippen LogP contribution in [0.3, 0.4) is 0 Å². The van der Waals surface area contributed by atoms with Crippen LogP contribution in [0.5, 0.6) is 5.75 Å². The molecule has 114 valence electrons. The Labute approximate surface area is 131 Å². The number of nitrogens with zero attached hydrogens (tertiary/aromatic N) is 1. The van der Waals surface area contributed by atoms with Crippen molar-refractivity contribution in [1.29, 1.82) is 0 Å². The minimum Gasteiger partial charge on any atom is -0.494 e. The molecule has 3 rings (SSSR count). The number of ether oxygens (including phenoxy) is 1. The van der Waals surface area contributed by atoms with Crippen molar-refractivity contribution in [2.24, 2.45) is 0 Å². The number of para-hydroxylation sites is 2. The molecular weight excluding hydrogens is 274 g/mol. The molecule has 22 heavy (non-hydrogen) atoms. The maximum absolute atomic E-state index is 12.5. The summed E-state index contributed by atoms with van der Waals surface area (Å²) in [7, 11) is 0. The van der Waals surface area contributed by atoms with E-state index in [2.05, 4.69) is 13.0 Å². The molecule has 0 saturated carbocycles. The quantitative estimate of drug-likeness (QED) is 0.785. The Morgan fingerprint density at radius 1 is 1.14 bits per heavy atom. The molecule has 3 nitrogen and oxygen atoms in total.